The second-order valence-corrected chi connectivity index (χ2v) is 7.74. The fourth-order valence-corrected chi connectivity index (χ4v) is 3.63. The van der Waals surface area contributed by atoms with Crippen LogP contribution in [0.3, 0.4) is 0 Å². The molecule has 0 bridgehead atoms. The minimum Gasteiger partial charge on any atom is -0.496 e. The molecule has 1 aliphatic heterocycles. The lowest BCUT2D eigenvalue weighted by molar-refractivity contribution is -0.126. The van der Waals surface area contributed by atoms with Crippen molar-refractivity contribution in [1.82, 2.24) is 10.2 Å². The lowest BCUT2D eigenvalue weighted by atomic mass is 10.1. The van der Waals surface area contributed by atoms with Crippen LogP contribution in [0.2, 0.25) is 0 Å². The maximum atomic E-state index is 12.6. The third-order valence-electron chi connectivity index (χ3n) is 5.51. The third kappa shape index (κ3) is 6.92. The molecule has 3 N–H and O–H groups in total. The zero-order valence-corrected chi connectivity index (χ0v) is 20.9. The maximum Gasteiger partial charge on any atom is 0.248 e. The van der Waals surface area contributed by atoms with Gasteiger partial charge in [0.25, 0.3) is 0 Å². The van der Waals surface area contributed by atoms with Gasteiger partial charge in [0.2, 0.25) is 11.8 Å². The summed E-state index contributed by atoms with van der Waals surface area (Å²) < 4.78 is 21.5. The van der Waals surface area contributed by atoms with E-state index >= 15 is 0 Å². The van der Waals surface area contributed by atoms with E-state index in [0.29, 0.717) is 53.0 Å². The molecule has 0 aliphatic carbocycles. The molecule has 1 saturated heterocycles. The molecule has 0 atom stereocenters. The molecule has 10 heteroatoms. The van der Waals surface area contributed by atoms with Gasteiger partial charge >= 0.3 is 0 Å². The number of carbonyl (C=O) groups is 2. The lowest BCUT2D eigenvalue weighted by Gasteiger charge is -2.26. The van der Waals surface area contributed by atoms with Gasteiger partial charge in [-0.15, -0.1) is 0 Å². The van der Waals surface area contributed by atoms with Gasteiger partial charge in [-0.05, 0) is 24.3 Å². The first kappa shape index (κ1) is 26.4. The van der Waals surface area contributed by atoms with Gasteiger partial charge in [0.1, 0.15) is 23.0 Å². The standard InChI is InChI=1S/C26H32N4O6/c1-33-19-16-23(35-3)20(24(17-19)36-4)6-8-25(31)29-18-5-7-22(34-2)21(15-18)28-10-9-26(32)30-13-11-27-12-14-30/h5-10,15-17,27-28H,11-14H2,1-4H3,(H,29,31)/b8-6?,10-9-. The summed E-state index contributed by atoms with van der Waals surface area (Å²) >= 11 is 0. The van der Waals surface area contributed by atoms with Crippen LogP contribution in [0.4, 0.5) is 11.4 Å². The highest BCUT2D eigenvalue weighted by Crippen LogP contribution is 2.35. The molecule has 2 aromatic carbocycles. The normalized spacial score (nSPS) is 13.5. The summed E-state index contributed by atoms with van der Waals surface area (Å²) in [5.41, 5.74) is 1.75. The number of nitrogens with zero attached hydrogens (tertiary/aromatic N) is 1. The number of hydrogen-bond donors (Lipinski definition) is 3. The summed E-state index contributed by atoms with van der Waals surface area (Å²) in [6.07, 6.45) is 6.04. The van der Waals surface area contributed by atoms with Crippen molar-refractivity contribution in [2.45, 2.75) is 0 Å². The predicted octanol–water partition coefficient (Wildman–Crippen LogP) is 2.73. The molecule has 192 valence electrons. The highest BCUT2D eigenvalue weighted by Gasteiger charge is 2.14. The predicted molar refractivity (Wildman–Crippen MR) is 139 cm³/mol. The van der Waals surface area contributed by atoms with Crippen molar-refractivity contribution in [3.63, 3.8) is 0 Å². The van der Waals surface area contributed by atoms with Crippen LogP contribution >= 0.6 is 0 Å². The molecule has 1 fully saturated rings. The molecule has 10 nitrogen and oxygen atoms in total. The molecule has 0 spiro atoms. The molecule has 1 heterocycles. The summed E-state index contributed by atoms with van der Waals surface area (Å²) in [6.45, 7) is 2.93. The smallest absolute Gasteiger partial charge is 0.248 e. The van der Waals surface area contributed by atoms with E-state index in [1.807, 2.05) is 0 Å². The Kier molecular flexibility index (Phi) is 9.58. The molecule has 0 aromatic heterocycles. The van der Waals surface area contributed by atoms with Crippen molar-refractivity contribution < 1.29 is 28.5 Å². The molecule has 3 rings (SSSR count). The molecule has 2 amide bonds. The zero-order chi connectivity index (χ0) is 25.9. The summed E-state index contributed by atoms with van der Waals surface area (Å²) in [6, 6.07) is 8.59. The molecule has 0 saturated carbocycles. The van der Waals surface area contributed by atoms with E-state index < -0.39 is 0 Å². The first-order valence-corrected chi connectivity index (χ1v) is 11.4. The molecule has 0 unspecified atom stereocenters. The molecular formula is C26H32N4O6. The lowest BCUT2D eigenvalue weighted by Crippen LogP contribution is -2.45. The molecule has 2 aromatic rings. The average molecular weight is 497 g/mol. The van der Waals surface area contributed by atoms with Crippen LogP contribution in [0.15, 0.2) is 48.7 Å². The number of carbonyl (C=O) groups excluding carboxylic acids is 2. The first-order valence-electron chi connectivity index (χ1n) is 11.4. The van der Waals surface area contributed by atoms with Crippen LogP contribution in [0, 0.1) is 0 Å². The Balaban J connectivity index is 1.69. The first-order chi connectivity index (χ1) is 17.5. The fourth-order valence-electron chi connectivity index (χ4n) is 3.63. The summed E-state index contributed by atoms with van der Waals surface area (Å²) in [5, 5.41) is 9.10. The molecule has 36 heavy (non-hydrogen) atoms. The van der Waals surface area contributed by atoms with E-state index in [9.17, 15) is 9.59 Å². The third-order valence-corrected chi connectivity index (χ3v) is 5.51. The van der Waals surface area contributed by atoms with Crippen LogP contribution in [0.25, 0.3) is 6.08 Å². The number of anilines is 2. The van der Waals surface area contributed by atoms with Crippen molar-refractivity contribution >= 4 is 29.3 Å². The summed E-state index contributed by atoms with van der Waals surface area (Å²) in [5.74, 6) is 1.74. The number of ether oxygens (including phenoxy) is 4. The number of nitrogens with one attached hydrogen (secondary N) is 3. The van der Waals surface area contributed by atoms with Gasteiger partial charge < -0.3 is 39.8 Å². The van der Waals surface area contributed by atoms with Gasteiger partial charge in [-0.25, -0.2) is 0 Å². The van der Waals surface area contributed by atoms with Crippen LogP contribution in [-0.4, -0.2) is 71.3 Å². The SMILES string of the molecule is COc1cc(OC)c(C=CC(=O)Nc2ccc(OC)c(N/C=C\C(=O)N3CCNCC3)c2)c(OC)c1. The second kappa shape index (κ2) is 13.1. The minimum atomic E-state index is -0.351. The Morgan fingerprint density at radius 2 is 1.56 bits per heavy atom. The number of amides is 2. The zero-order valence-electron chi connectivity index (χ0n) is 20.9. The van der Waals surface area contributed by atoms with Gasteiger partial charge in [0, 0.05) is 62.4 Å². The number of hydrogen-bond acceptors (Lipinski definition) is 8. The van der Waals surface area contributed by atoms with Gasteiger partial charge in [0.05, 0.1) is 39.7 Å². The highest BCUT2D eigenvalue weighted by molar-refractivity contribution is 6.02. The molecule has 1 aliphatic rings. The monoisotopic (exact) mass is 496 g/mol. The van der Waals surface area contributed by atoms with Crippen LogP contribution in [0.5, 0.6) is 23.0 Å². The van der Waals surface area contributed by atoms with E-state index in [4.69, 9.17) is 18.9 Å². The Morgan fingerprint density at radius 1 is 0.889 bits per heavy atom. The summed E-state index contributed by atoms with van der Waals surface area (Å²) in [4.78, 5) is 26.7. The number of benzene rings is 2. The Morgan fingerprint density at radius 3 is 2.17 bits per heavy atom. The molecule has 0 radical (unpaired) electrons. The van der Waals surface area contributed by atoms with Gasteiger partial charge in [-0.3, -0.25) is 9.59 Å². The summed E-state index contributed by atoms with van der Waals surface area (Å²) in [7, 11) is 6.16. The average Bonchev–Trinajstić information content (AvgIpc) is 2.91. The number of piperazine rings is 1. The van der Waals surface area contributed by atoms with E-state index in [-0.39, 0.29) is 11.8 Å². The van der Waals surface area contributed by atoms with Crippen molar-refractivity contribution in [3.05, 3.63) is 54.2 Å². The Bertz CT molecular complexity index is 1100. The van der Waals surface area contributed by atoms with Crippen molar-refractivity contribution in [2.24, 2.45) is 0 Å². The van der Waals surface area contributed by atoms with Crippen molar-refractivity contribution in [1.29, 1.82) is 0 Å². The van der Waals surface area contributed by atoms with Crippen LogP contribution < -0.4 is 34.9 Å². The van der Waals surface area contributed by atoms with Gasteiger partial charge in [0.15, 0.2) is 0 Å². The van der Waals surface area contributed by atoms with Crippen molar-refractivity contribution in [3.8, 4) is 23.0 Å². The number of rotatable bonds is 10. The minimum absolute atomic E-state index is 0.0676. The van der Waals surface area contributed by atoms with E-state index in [2.05, 4.69) is 16.0 Å². The van der Waals surface area contributed by atoms with Crippen molar-refractivity contribution in [2.75, 3.05) is 65.3 Å². The maximum absolute atomic E-state index is 12.6. The van der Waals surface area contributed by atoms with E-state index in [1.165, 1.54) is 26.4 Å². The van der Waals surface area contributed by atoms with Crippen LogP contribution in [-0.2, 0) is 9.59 Å². The molecular weight excluding hydrogens is 464 g/mol. The van der Waals surface area contributed by atoms with E-state index in [1.54, 1.807) is 61.7 Å². The Labute approximate surface area is 210 Å². The topological polar surface area (TPSA) is 110 Å². The van der Waals surface area contributed by atoms with Gasteiger partial charge in [-0.1, -0.05) is 0 Å². The highest BCUT2D eigenvalue weighted by atomic mass is 16.5. The fraction of sp³-hybridized carbons (Fsp3) is 0.308. The van der Waals surface area contributed by atoms with Gasteiger partial charge in [-0.2, -0.15) is 0 Å². The van der Waals surface area contributed by atoms with Crippen LogP contribution in [0.1, 0.15) is 5.56 Å². The Hall–Kier alpha value is -4.18. The quantitative estimate of drug-likeness (QED) is 0.431. The second-order valence-electron chi connectivity index (χ2n) is 7.74. The van der Waals surface area contributed by atoms with E-state index in [0.717, 1.165) is 13.1 Å². The number of methoxy groups -OCH3 is 4. The largest absolute Gasteiger partial charge is 0.496 e.